The van der Waals surface area contributed by atoms with E-state index in [0.717, 1.165) is 0 Å². The largest absolute Gasteiger partial charge is 0.493 e. The lowest BCUT2D eigenvalue weighted by Gasteiger charge is -2.07. The SMILES string of the molecule is N#CCCCOc1cccc(NC(=O)/C=C/c2ccc(-c3ccccc3F)o2)c1. The monoisotopic (exact) mass is 390 g/mol. The quantitative estimate of drug-likeness (QED) is 0.412. The van der Waals surface area contributed by atoms with Crippen LogP contribution in [0.5, 0.6) is 5.75 Å². The van der Waals surface area contributed by atoms with E-state index in [-0.39, 0.29) is 11.7 Å². The molecule has 5 nitrogen and oxygen atoms in total. The molecule has 0 aliphatic carbocycles. The summed E-state index contributed by atoms with van der Waals surface area (Å²) in [5.41, 5.74) is 0.951. The van der Waals surface area contributed by atoms with Crippen LogP contribution in [-0.4, -0.2) is 12.5 Å². The molecule has 0 radical (unpaired) electrons. The number of rotatable bonds is 8. The Kier molecular flexibility index (Phi) is 6.80. The summed E-state index contributed by atoms with van der Waals surface area (Å²) in [6.45, 7) is 0.438. The Bertz CT molecular complexity index is 1050. The van der Waals surface area contributed by atoms with Crippen LogP contribution in [0.1, 0.15) is 18.6 Å². The van der Waals surface area contributed by atoms with Crippen molar-refractivity contribution >= 4 is 17.7 Å². The fraction of sp³-hybridized carbons (Fsp3) is 0.130. The Hall–Kier alpha value is -3.85. The van der Waals surface area contributed by atoms with Gasteiger partial charge in [-0.15, -0.1) is 0 Å². The van der Waals surface area contributed by atoms with Crippen molar-refractivity contribution in [2.24, 2.45) is 0 Å². The van der Waals surface area contributed by atoms with E-state index in [1.54, 1.807) is 54.6 Å². The Balaban J connectivity index is 1.58. The minimum Gasteiger partial charge on any atom is -0.493 e. The maximum Gasteiger partial charge on any atom is 0.248 e. The third-order valence-corrected chi connectivity index (χ3v) is 3.97. The van der Waals surface area contributed by atoms with Gasteiger partial charge in [-0.25, -0.2) is 4.39 Å². The van der Waals surface area contributed by atoms with Crippen LogP contribution >= 0.6 is 0 Å². The number of halogens is 1. The van der Waals surface area contributed by atoms with Gasteiger partial charge in [0.05, 0.1) is 18.2 Å². The fourth-order valence-electron chi connectivity index (χ4n) is 2.59. The highest BCUT2D eigenvalue weighted by Gasteiger charge is 2.08. The molecule has 0 unspecified atom stereocenters. The molecule has 1 aromatic heterocycles. The molecule has 0 spiro atoms. The van der Waals surface area contributed by atoms with E-state index in [4.69, 9.17) is 14.4 Å². The van der Waals surface area contributed by atoms with Gasteiger partial charge in [-0.2, -0.15) is 5.26 Å². The summed E-state index contributed by atoms with van der Waals surface area (Å²) >= 11 is 0. The lowest BCUT2D eigenvalue weighted by atomic mass is 10.1. The summed E-state index contributed by atoms with van der Waals surface area (Å²) in [6, 6.07) is 18.7. The minimum atomic E-state index is -0.371. The topological polar surface area (TPSA) is 75.3 Å². The van der Waals surface area contributed by atoms with Crippen LogP contribution in [0.3, 0.4) is 0 Å². The molecule has 0 saturated carbocycles. The fourth-order valence-corrected chi connectivity index (χ4v) is 2.59. The highest BCUT2D eigenvalue weighted by molar-refractivity contribution is 6.01. The lowest BCUT2D eigenvalue weighted by Crippen LogP contribution is -2.07. The molecule has 0 saturated heterocycles. The van der Waals surface area contributed by atoms with Crippen molar-refractivity contribution in [3.8, 4) is 23.1 Å². The number of nitrogens with zero attached hydrogens (tertiary/aromatic N) is 1. The normalized spacial score (nSPS) is 10.6. The van der Waals surface area contributed by atoms with Crippen LogP contribution in [0.2, 0.25) is 0 Å². The first-order valence-electron chi connectivity index (χ1n) is 9.09. The summed E-state index contributed by atoms with van der Waals surface area (Å²) in [7, 11) is 0. The summed E-state index contributed by atoms with van der Waals surface area (Å²) in [5, 5.41) is 11.3. The smallest absolute Gasteiger partial charge is 0.248 e. The van der Waals surface area contributed by atoms with E-state index in [9.17, 15) is 9.18 Å². The first-order chi connectivity index (χ1) is 14.2. The van der Waals surface area contributed by atoms with Crippen LogP contribution in [-0.2, 0) is 4.79 Å². The zero-order valence-electron chi connectivity index (χ0n) is 15.6. The van der Waals surface area contributed by atoms with Crippen LogP contribution in [0, 0.1) is 17.1 Å². The Labute approximate surface area is 168 Å². The van der Waals surface area contributed by atoms with Gasteiger partial charge in [-0.1, -0.05) is 18.2 Å². The van der Waals surface area contributed by atoms with Gasteiger partial charge in [0.2, 0.25) is 5.91 Å². The van der Waals surface area contributed by atoms with Crippen molar-refractivity contribution in [2.75, 3.05) is 11.9 Å². The van der Waals surface area contributed by atoms with Gasteiger partial charge in [0, 0.05) is 24.3 Å². The van der Waals surface area contributed by atoms with Gasteiger partial charge < -0.3 is 14.5 Å². The standard InChI is InChI=1S/C23H19FN2O3/c24-21-9-2-1-8-20(21)22-12-10-18(29-22)11-13-23(27)26-17-6-5-7-19(16-17)28-15-4-3-14-25/h1-2,5-13,16H,3-4,15H2,(H,26,27)/b13-11+. The van der Waals surface area contributed by atoms with Gasteiger partial charge >= 0.3 is 0 Å². The number of carbonyl (C=O) groups is 1. The average molecular weight is 390 g/mol. The molecule has 3 aromatic rings. The van der Waals surface area contributed by atoms with Crippen LogP contribution in [0.25, 0.3) is 17.4 Å². The lowest BCUT2D eigenvalue weighted by molar-refractivity contribution is -0.111. The van der Waals surface area contributed by atoms with Crippen LogP contribution < -0.4 is 10.1 Å². The molecule has 2 aromatic carbocycles. The summed E-state index contributed by atoms with van der Waals surface area (Å²) < 4.78 is 25.0. The van der Waals surface area contributed by atoms with Crippen molar-refractivity contribution in [3.63, 3.8) is 0 Å². The van der Waals surface area contributed by atoms with Crippen molar-refractivity contribution in [2.45, 2.75) is 12.8 Å². The Morgan fingerprint density at radius 1 is 1.17 bits per heavy atom. The third kappa shape index (κ3) is 5.81. The van der Waals surface area contributed by atoms with E-state index in [0.29, 0.717) is 48.0 Å². The summed E-state index contributed by atoms with van der Waals surface area (Å²) in [4.78, 5) is 12.2. The molecular weight excluding hydrogens is 371 g/mol. The molecule has 0 aliphatic rings. The predicted molar refractivity (Wildman–Crippen MR) is 109 cm³/mol. The minimum absolute atomic E-state index is 0.338. The first-order valence-corrected chi connectivity index (χ1v) is 9.09. The predicted octanol–water partition coefficient (Wildman–Crippen LogP) is 5.42. The van der Waals surface area contributed by atoms with Crippen molar-refractivity contribution in [3.05, 3.63) is 78.3 Å². The molecule has 6 heteroatoms. The highest BCUT2D eigenvalue weighted by Crippen LogP contribution is 2.25. The Morgan fingerprint density at radius 2 is 2.03 bits per heavy atom. The number of unbranched alkanes of at least 4 members (excludes halogenated alkanes) is 1. The molecule has 1 heterocycles. The second-order valence-electron chi connectivity index (χ2n) is 6.14. The van der Waals surface area contributed by atoms with Crippen molar-refractivity contribution < 1.29 is 18.3 Å². The van der Waals surface area contributed by atoms with Crippen LogP contribution in [0.4, 0.5) is 10.1 Å². The molecule has 3 rings (SSSR count). The van der Waals surface area contributed by atoms with Gasteiger partial charge in [-0.3, -0.25) is 4.79 Å². The van der Waals surface area contributed by atoms with Gasteiger partial charge in [0.25, 0.3) is 0 Å². The zero-order chi connectivity index (χ0) is 20.5. The van der Waals surface area contributed by atoms with E-state index in [1.165, 1.54) is 18.2 Å². The number of benzene rings is 2. The van der Waals surface area contributed by atoms with Gasteiger partial charge in [0.15, 0.2) is 0 Å². The van der Waals surface area contributed by atoms with Gasteiger partial charge in [-0.05, 0) is 48.9 Å². The van der Waals surface area contributed by atoms with E-state index < -0.39 is 0 Å². The number of anilines is 1. The number of hydrogen-bond acceptors (Lipinski definition) is 4. The van der Waals surface area contributed by atoms with Crippen molar-refractivity contribution in [1.29, 1.82) is 5.26 Å². The molecule has 1 amide bonds. The number of nitriles is 1. The molecule has 0 bridgehead atoms. The highest BCUT2D eigenvalue weighted by atomic mass is 19.1. The number of hydrogen-bond donors (Lipinski definition) is 1. The summed E-state index contributed by atoms with van der Waals surface area (Å²) in [5.74, 6) is 0.739. The van der Waals surface area contributed by atoms with Crippen molar-refractivity contribution in [1.82, 2.24) is 0 Å². The number of ether oxygens (including phenoxy) is 1. The van der Waals surface area contributed by atoms with Gasteiger partial charge in [0.1, 0.15) is 23.1 Å². The second kappa shape index (κ2) is 9.90. The molecule has 1 N–H and O–H groups in total. The number of furan rings is 1. The molecule has 146 valence electrons. The molecule has 0 aliphatic heterocycles. The summed E-state index contributed by atoms with van der Waals surface area (Å²) in [6.07, 6.45) is 3.94. The van der Waals surface area contributed by atoms with E-state index in [1.807, 2.05) is 0 Å². The third-order valence-electron chi connectivity index (χ3n) is 3.97. The number of nitrogens with one attached hydrogen (secondary N) is 1. The number of carbonyl (C=O) groups excluding carboxylic acids is 1. The van der Waals surface area contributed by atoms with E-state index in [2.05, 4.69) is 11.4 Å². The molecule has 0 atom stereocenters. The second-order valence-corrected chi connectivity index (χ2v) is 6.14. The molecule has 0 fully saturated rings. The molecular formula is C23H19FN2O3. The maximum absolute atomic E-state index is 13.8. The molecule has 29 heavy (non-hydrogen) atoms. The number of amides is 1. The first kappa shape index (κ1) is 19.9. The maximum atomic E-state index is 13.8. The van der Waals surface area contributed by atoms with Crippen LogP contribution in [0.15, 0.2) is 71.2 Å². The zero-order valence-corrected chi connectivity index (χ0v) is 15.6. The van der Waals surface area contributed by atoms with E-state index >= 15 is 0 Å². The Morgan fingerprint density at radius 3 is 2.86 bits per heavy atom. The average Bonchev–Trinajstić information content (AvgIpc) is 3.19.